The van der Waals surface area contributed by atoms with E-state index in [2.05, 4.69) is 31.8 Å². The standard InChI is InChI=1S/C23H18BrN3O5/c1-31-20-9-5-4-8-19(20)26-21(28)22(29)27-25-14-15-10-12-16(13-11-15)32-23(30)17-6-2-3-7-18(17)24/h2-14H,1H3,(H,26,28)(H,27,29)/b25-14-. The van der Waals surface area contributed by atoms with Gasteiger partial charge in [0, 0.05) is 4.47 Å². The highest BCUT2D eigenvalue weighted by Gasteiger charge is 2.15. The number of esters is 1. The Morgan fingerprint density at radius 3 is 2.31 bits per heavy atom. The number of carbonyl (C=O) groups is 3. The first kappa shape index (κ1) is 22.7. The van der Waals surface area contributed by atoms with Gasteiger partial charge in [-0.2, -0.15) is 5.10 Å². The molecule has 3 aromatic rings. The smallest absolute Gasteiger partial charge is 0.344 e. The molecule has 162 valence electrons. The largest absolute Gasteiger partial charge is 0.495 e. The first-order valence-electron chi connectivity index (χ1n) is 9.32. The quantitative estimate of drug-likeness (QED) is 0.178. The van der Waals surface area contributed by atoms with Crippen LogP contribution >= 0.6 is 15.9 Å². The fraction of sp³-hybridized carbons (Fsp3) is 0.0435. The number of amides is 2. The lowest BCUT2D eigenvalue weighted by Crippen LogP contribution is -2.32. The number of para-hydroxylation sites is 2. The maximum absolute atomic E-state index is 12.2. The number of anilines is 1. The Hall–Kier alpha value is -3.98. The predicted molar refractivity (Wildman–Crippen MR) is 123 cm³/mol. The van der Waals surface area contributed by atoms with E-state index < -0.39 is 17.8 Å². The zero-order valence-electron chi connectivity index (χ0n) is 16.9. The summed E-state index contributed by atoms with van der Waals surface area (Å²) in [6.45, 7) is 0. The van der Waals surface area contributed by atoms with E-state index in [1.807, 2.05) is 0 Å². The molecule has 0 saturated heterocycles. The monoisotopic (exact) mass is 495 g/mol. The predicted octanol–water partition coefficient (Wildman–Crippen LogP) is 3.77. The van der Waals surface area contributed by atoms with Crippen LogP contribution in [0.2, 0.25) is 0 Å². The molecule has 2 N–H and O–H groups in total. The molecular weight excluding hydrogens is 478 g/mol. The molecule has 0 atom stereocenters. The van der Waals surface area contributed by atoms with Gasteiger partial charge in [-0.3, -0.25) is 9.59 Å². The minimum Gasteiger partial charge on any atom is -0.495 e. The maximum Gasteiger partial charge on any atom is 0.344 e. The molecule has 9 heteroatoms. The molecule has 0 aliphatic heterocycles. The van der Waals surface area contributed by atoms with Gasteiger partial charge in [-0.05, 0) is 70.0 Å². The van der Waals surface area contributed by atoms with Crippen molar-refractivity contribution in [2.24, 2.45) is 5.10 Å². The van der Waals surface area contributed by atoms with Crippen molar-refractivity contribution in [1.29, 1.82) is 0 Å². The summed E-state index contributed by atoms with van der Waals surface area (Å²) in [5.74, 6) is -1.54. The normalized spacial score (nSPS) is 10.4. The average Bonchev–Trinajstić information content (AvgIpc) is 2.80. The molecule has 0 aromatic heterocycles. The topological polar surface area (TPSA) is 106 Å². The van der Waals surface area contributed by atoms with Gasteiger partial charge in [0.15, 0.2) is 0 Å². The Balaban J connectivity index is 1.53. The van der Waals surface area contributed by atoms with Crippen molar-refractivity contribution < 1.29 is 23.9 Å². The highest BCUT2D eigenvalue weighted by atomic mass is 79.9. The second-order valence-corrected chi connectivity index (χ2v) is 7.15. The van der Waals surface area contributed by atoms with Crippen LogP contribution in [0.1, 0.15) is 15.9 Å². The van der Waals surface area contributed by atoms with Crippen molar-refractivity contribution in [3.05, 3.63) is 88.4 Å². The summed E-state index contributed by atoms with van der Waals surface area (Å²) in [5.41, 5.74) is 3.55. The lowest BCUT2D eigenvalue weighted by molar-refractivity contribution is -0.136. The SMILES string of the molecule is COc1ccccc1NC(=O)C(=O)N/N=C\c1ccc(OC(=O)c2ccccc2Br)cc1. The number of halogens is 1. The summed E-state index contributed by atoms with van der Waals surface area (Å²) < 4.78 is 11.1. The maximum atomic E-state index is 12.2. The molecule has 0 aliphatic rings. The Kier molecular flexibility index (Phi) is 7.71. The molecule has 3 rings (SSSR count). The number of hydrogen-bond acceptors (Lipinski definition) is 6. The fourth-order valence-corrected chi connectivity index (χ4v) is 3.00. The van der Waals surface area contributed by atoms with Crippen molar-refractivity contribution in [3.63, 3.8) is 0 Å². The van der Waals surface area contributed by atoms with Gasteiger partial charge in [-0.25, -0.2) is 10.2 Å². The van der Waals surface area contributed by atoms with Gasteiger partial charge in [-0.1, -0.05) is 24.3 Å². The Labute approximate surface area is 192 Å². The molecule has 0 bridgehead atoms. The lowest BCUT2D eigenvalue weighted by Gasteiger charge is -2.08. The Bertz CT molecular complexity index is 1160. The zero-order valence-corrected chi connectivity index (χ0v) is 18.5. The van der Waals surface area contributed by atoms with Gasteiger partial charge in [0.25, 0.3) is 0 Å². The summed E-state index contributed by atoms with van der Waals surface area (Å²) in [5, 5.41) is 6.22. The molecular formula is C23H18BrN3O5. The van der Waals surface area contributed by atoms with Crippen molar-refractivity contribution in [1.82, 2.24) is 5.43 Å². The highest BCUT2D eigenvalue weighted by Crippen LogP contribution is 2.23. The average molecular weight is 496 g/mol. The number of hydrogen-bond donors (Lipinski definition) is 2. The van der Waals surface area contributed by atoms with Crippen molar-refractivity contribution in [2.45, 2.75) is 0 Å². The van der Waals surface area contributed by atoms with Crippen LogP contribution in [-0.4, -0.2) is 31.1 Å². The summed E-state index contributed by atoms with van der Waals surface area (Å²) in [6.07, 6.45) is 1.35. The third-order valence-corrected chi connectivity index (χ3v) is 4.82. The van der Waals surface area contributed by atoms with E-state index in [1.165, 1.54) is 13.3 Å². The van der Waals surface area contributed by atoms with Crippen molar-refractivity contribution in [3.8, 4) is 11.5 Å². The molecule has 2 amide bonds. The summed E-state index contributed by atoms with van der Waals surface area (Å²) >= 11 is 3.31. The van der Waals surface area contributed by atoms with Crippen LogP contribution in [0.15, 0.2) is 82.4 Å². The first-order valence-corrected chi connectivity index (χ1v) is 10.1. The van der Waals surface area contributed by atoms with Crippen LogP contribution in [0, 0.1) is 0 Å². The Morgan fingerprint density at radius 2 is 1.59 bits per heavy atom. The number of nitrogens with one attached hydrogen (secondary N) is 2. The molecule has 0 heterocycles. The van der Waals surface area contributed by atoms with Gasteiger partial charge in [0.2, 0.25) is 0 Å². The van der Waals surface area contributed by atoms with Gasteiger partial charge >= 0.3 is 17.8 Å². The number of carbonyl (C=O) groups excluding carboxylic acids is 3. The van der Waals surface area contributed by atoms with Gasteiger partial charge < -0.3 is 14.8 Å². The number of hydrazone groups is 1. The molecule has 0 unspecified atom stereocenters. The van der Waals surface area contributed by atoms with Crippen LogP contribution in [0.25, 0.3) is 0 Å². The van der Waals surface area contributed by atoms with Gasteiger partial charge in [-0.15, -0.1) is 0 Å². The van der Waals surface area contributed by atoms with E-state index >= 15 is 0 Å². The minimum atomic E-state index is -0.939. The van der Waals surface area contributed by atoms with E-state index in [9.17, 15) is 14.4 Å². The van der Waals surface area contributed by atoms with E-state index in [0.29, 0.717) is 32.8 Å². The number of benzene rings is 3. The van der Waals surface area contributed by atoms with Crippen molar-refractivity contribution in [2.75, 3.05) is 12.4 Å². The molecule has 0 aliphatic carbocycles. The number of methoxy groups -OCH3 is 1. The molecule has 0 spiro atoms. The molecule has 0 saturated carbocycles. The highest BCUT2D eigenvalue weighted by molar-refractivity contribution is 9.10. The summed E-state index contributed by atoms with van der Waals surface area (Å²) in [4.78, 5) is 36.2. The lowest BCUT2D eigenvalue weighted by atomic mass is 10.2. The van der Waals surface area contributed by atoms with Gasteiger partial charge in [0.1, 0.15) is 11.5 Å². The molecule has 32 heavy (non-hydrogen) atoms. The zero-order chi connectivity index (χ0) is 22.9. The summed E-state index contributed by atoms with van der Waals surface area (Å²) in [7, 11) is 1.46. The molecule has 8 nitrogen and oxygen atoms in total. The van der Waals surface area contributed by atoms with E-state index in [4.69, 9.17) is 9.47 Å². The first-order chi connectivity index (χ1) is 15.5. The van der Waals surface area contributed by atoms with E-state index in [-0.39, 0.29) is 0 Å². The fourth-order valence-electron chi connectivity index (χ4n) is 2.55. The van der Waals surface area contributed by atoms with E-state index in [0.717, 1.165) is 0 Å². The Morgan fingerprint density at radius 1 is 0.906 bits per heavy atom. The van der Waals surface area contributed by atoms with Crippen LogP contribution in [0.3, 0.4) is 0 Å². The number of nitrogens with zero attached hydrogens (tertiary/aromatic N) is 1. The van der Waals surface area contributed by atoms with Crippen LogP contribution < -0.4 is 20.2 Å². The third kappa shape index (κ3) is 6.02. The molecule has 3 aromatic carbocycles. The van der Waals surface area contributed by atoms with Crippen LogP contribution in [0.5, 0.6) is 11.5 Å². The second kappa shape index (κ2) is 10.9. The van der Waals surface area contributed by atoms with Gasteiger partial charge in [0.05, 0.1) is 24.6 Å². The second-order valence-electron chi connectivity index (χ2n) is 6.29. The minimum absolute atomic E-state index is 0.350. The molecule has 0 fully saturated rings. The van der Waals surface area contributed by atoms with Crippen molar-refractivity contribution >= 4 is 45.6 Å². The number of rotatable bonds is 6. The number of ether oxygens (including phenoxy) is 2. The van der Waals surface area contributed by atoms with Crippen LogP contribution in [-0.2, 0) is 9.59 Å². The van der Waals surface area contributed by atoms with E-state index in [1.54, 1.807) is 72.8 Å². The third-order valence-electron chi connectivity index (χ3n) is 4.13. The summed E-state index contributed by atoms with van der Waals surface area (Å²) in [6, 6.07) is 20.1. The molecule has 0 radical (unpaired) electrons. The van der Waals surface area contributed by atoms with Crippen LogP contribution in [0.4, 0.5) is 5.69 Å².